The van der Waals surface area contributed by atoms with Crippen LogP contribution in [0.5, 0.6) is 11.5 Å². The van der Waals surface area contributed by atoms with Crippen LogP contribution >= 0.6 is 20.3 Å². The first kappa shape index (κ1) is 68.8. The average molecular weight is 1270 g/mol. The van der Waals surface area contributed by atoms with E-state index in [0.717, 1.165) is 47.3 Å². The van der Waals surface area contributed by atoms with Crippen molar-refractivity contribution in [3.05, 3.63) is 170 Å². The number of unbranched alkanes of at least 4 members (excludes halogenated alkanes) is 3. The number of fused-ring (bicyclic) bond motifs is 1. The fourth-order valence-electron chi connectivity index (χ4n) is 11.7. The normalized spacial score (nSPS) is 19.5. The molecular weight excluding hydrogens is 1180 g/mol. The highest BCUT2D eigenvalue weighted by atomic mass is 32.2. The maximum absolute atomic E-state index is 13.8. The molecule has 0 spiro atoms. The largest absolute Gasteiger partial charge is 0.497 e. The van der Waals surface area contributed by atoms with Gasteiger partial charge in [0.25, 0.3) is 20.0 Å². The van der Waals surface area contributed by atoms with Crippen LogP contribution in [0.1, 0.15) is 151 Å². The van der Waals surface area contributed by atoms with E-state index < -0.39 is 49.7 Å². The Morgan fingerprint density at radius 1 is 0.822 bits per heavy atom. The molecule has 4 aromatic carbocycles. The first-order valence-corrected chi connectivity index (χ1v) is 33.3. The number of nitrogens with zero attached hydrogens (tertiary/aromatic N) is 4. The van der Waals surface area contributed by atoms with Crippen molar-refractivity contribution in [2.75, 3.05) is 46.3 Å². The summed E-state index contributed by atoms with van der Waals surface area (Å²) in [6, 6.07) is 34.1. The van der Waals surface area contributed by atoms with Gasteiger partial charge < -0.3 is 43.9 Å². The summed E-state index contributed by atoms with van der Waals surface area (Å²) in [4.78, 5) is 83.6. The average Bonchev–Trinajstić information content (AvgIpc) is 1.41. The number of benzene rings is 4. The van der Waals surface area contributed by atoms with Crippen LogP contribution in [0.2, 0.25) is 0 Å². The summed E-state index contributed by atoms with van der Waals surface area (Å²) in [6.45, 7) is 15.4. The Bertz CT molecular complexity index is 3330. The predicted molar refractivity (Wildman–Crippen MR) is 349 cm³/mol. The standard InChI is InChI=1S/C68H87N8O12PS/c1-45(2)76(46(3)4)89(86-40-18-37-69)88-56-41-61(87-57(56)43-85-68(50-19-12-10-13-20-50,51-28-32-53(83-8)33-29-51)52-30-34-54(84-9)35-31-52)74-42-48(63(79)73-65(74)81)25-36-60(78)71-39-17-11-16-38-70-59(77)22-15-14-21-58-62-55(44-90-58)72-66(82)75(62)64(80)47-23-26-49(27-24-47)67(5,6)7/h10,12-13,19-20,23-36,42,45-46,55-58,61-62H,11,14-18,21-22,38-41,43-44H2,1-9H3,(H,70,77)(H,71,78)(H,72,82)(H,73,79,81)/b36-25+/t55?,56-,57+,58?,61+,62?,89?/m0/s1. The topological polar surface area (TPSA) is 245 Å². The van der Waals surface area contributed by atoms with Crippen molar-refractivity contribution in [2.24, 2.45) is 0 Å². The van der Waals surface area contributed by atoms with Crippen molar-refractivity contribution in [2.45, 2.75) is 165 Å². The molecule has 4 N–H and O–H groups in total. The molecule has 8 rings (SSSR count). The zero-order chi connectivity index (χ0) is 64.5. The molecule has 20 nitrogen and oxygen atoms in total. The van der Waals surface area contributed by atoms with E-state index in [1.165, 1.54) is 27.8 Å². The van der Waals surface area contributed by atoms with Gasteiger partial charge in [0, 0.05) is 66.9 Å². The van der Waals surface area contributed by atoms with Crippen LogP contribution in [0, 0.1) is 11.3 Å². The maximum atomic E-state index is 13.8. The monoisotopic (exact) mass is 1270 g/mol. The predicted octanol–water partition coefficient (Wildman–Crippen LogP) is 10.5. The molecule has 482 valence electrons. The molecule has 3 saturated heterocycles. The lowest BCUT2D eigenvalue weighted by atomic mass is 9.80. The molecule has 0 aliphatic carbocycles. The number of urea groups is 1. The molecule has 0 saturated carbocycles. The zero-order valence-electron chi connectivity index (χ0n) is 53.1. The van der Waals surface area contributed by atoms with E-state index in [9.17, 15) is 34.0 Å². The van der Waals surface area contributed by atoms with Crippen LogP contribution < -0.4 is 36.7 Å². The number of hydrogen-bond donors (Lipinski definition) is 4. The Kier molecular flexibility index (Phi) is 24.6. The van der Waals surface area contributed by atoms with Gasteiger partial charge >= 0.3 is 11.7 Å². The van der Waals surface area contributed by atoms with Crippen LogP contribution in [-0.4, -0.2) is 131 Å². The zero-order valence-corrected chi connectivity index (χ0v) is 54.8. The number of hydrogen-bond acceptors (Lipinski definition) is 15. The van der Waals surface area contributed by atoms with Gasteiger partial charge in [0.1, 0.15) is 29.4 Å². The van der Waals surface area contributed by atoms with E-state index in [0.29, 0.717) is 55.8 Å². The van der Waals surface area contributed by atoms with Crippen molar-refractivity contribution in [1.82, 2.24) is 35.1 Å². The lowest BCUT2D eigenvalue weighted by Gasteiger charge is -2.39. The van der Waals surface area contributed by atoms with Gasteiger partial charge in [-0.25, -0.2) is 14.3 Å². The molecule has 4 unspecified atom stereocenters. The number of ether oxygens (including phenoxy) is 4. The molecule has 5 aromatic rings. The quantitative estimate of drug-likeness (QED) is 0.0106. The van der Waals surface area contributed by atoms with E-state index in [4.69, 9.17) is 28.0 Å². The number of methoxy groups -OCH3 is 2. The lowest BCUT2D eigenvalue weighted by Crippen LogP contribution is -2.44. The molecule has 90 heavy (non-hydrogen) atoms. The van der Waals surface area contributed by atoms with Crippen LogP contribution in [-0.2, 0) is 39.1 Å². The van der Waals surface area contributed by atoms with E-state index in [2.05, 4.69) is 52.4 Å². The van der Waals surface area contributed by atoms with Crippen LogP contribution in [0.3, 0.4) is 0 Å². The molecule has 3 aliphatic rings. The van der Waals surface area contributed by atoms with Crippen molar-refractivity contribution in [3.8, 4) is 17.6 Å². The van der Waals surface area contributed by atoms with Gasteiger partial charge in [0.2, 0.25) is 11.8 Å². The van der Waals surface area contributed by atoms with Crippen molar-refractivity contribution in [1.29, 1.82) is 5.26 Å². The second kappa shape index (κ2) is 32.2. The second-order valence-corrected chi connectivity index (χ2v) is 27.0. The van der Waals surface area contributed by atoms with Crippen molar-refractivity contribution >= 4 is 50.1 Å². The number of nitriles is 1. The van der Waals surface area contributed by atoms with Crippen LogP contribution in [0.25, 0.3) is 6.08 Å². The summed E-state index contributed by atoms with van der Waals surface area (Å²) in [7, 11) is 1.42. The number of aromatic amines is 1. The number of H-pyrrole nitrogens is 1. The highest BCUT2D eigenvalue weighted by molar-refractivity contribution is 8.00. The third-order valence-corrected chi connectivity index (χ3v) is 20.0. The maximum Gasteiger partial charge on any atom is 0.330 e. The van der Waals surface area contributed by atoms with Gasteiger partial charge in [0.15, 0.2) is 0 Å². The number of carbonyl (C=O) groups is 4. The number of amides is 5. The first-order chi connectivity index (χ1) is 43.2. The molecule has 22 heteroatoms. The Labute approximate surface area is 533 Å². The van der Waals surface area contributed by atoms with Gasteiger partial charge in [-0.05, 0) is 130 Å². The number of thioether (sulfide) groups is 1. The fourth-order valence-corrected chi connectivity index (χ4v) is 15.1. The van der Waals surface area contributed by atoms with Crippen molar-refractivity contribution < 1.29 is 47.2 Å². The number of imide groups is 1. The fraction of sp³-hybridized carbons (Fsp3) is 0.485. The molecular formula is C68H87N8O12PS. The summed E-state index contributed by atoms with van der Waals surface area (Å²) >= 11 is 1.77. The highest BCUT2D eigenvalue weighted by Gasteiger charge is 2.51. The number of rotatable bonds is 31. The van der Waals surface area contributed by atoms with Gasteiger partial charge in [-0.2, -0.15) is 17.0 Å². The third kappa shape index (κ3) is 17.3. The van der Waals surface area contributed by atoms with E-state index in [-0.39, 0.29) is 84.3 Å². The SMILES string of the molecule is COc1ccc(C(OC[C@H]2O[C@@H](n3cc(/C=C/C(=O)NCCCCCNC(=O)CCCCC4SCC5NC(=O)N(C(=O)c6ccc(C(C)(C)C)cc6)C54)c(=O)[nH]c3=O)C[C@@H]2OP(OCCC#N)N(C(C)C)C(C)C)(c2ccccc2)c2ccc(OC)cc2)cc1. The smallest absolute Gasteiger partial charge is 0.330 e. The Hall–Kier alpha value is -7.15. The number of carbonyl (C=O) groups excluding carboxylic acids is 4. The highest BCUT2D eigenvalue weighted by Crippen LogP contribution is 2.51. The summed E-state index contributed by atoms with van der Waals surface area (Å²) in [5, 5.41) is 18.5. The summed E-state index contributed by atoms with van der Waals surface area (Å²) in [5.74, 6) is 1.30. The number of nitrogens with one attached hydrogen (secondary N) is 4. The summed E-state index contributed by atoms with van der Waals surface area (Å²) in [5.41, 5.74) is 1.35. The van der Waals surface area contributed by atoms with E-state index in [1.807, 2.05) is 119 Å². The van der Waals surface area contributed by atoms with Crippen molar-refractivity contribution in [3.63, 3.8) is 0 Å². The molecule has 3 fully saturated rings. The molecule has 7 atom stereocenters. The van der Waals surface area contributed by atoms with E-state index in [1.54, 1.807) is 38.1 Å². The summed E-state index contributed by atoms with van der Waals surface area (Å²) < 4.78 is 42.1. The lowest BCUT2D eigenvalue weighted by molar-refractivity contribution is -0.121. The number of aromatic nitrogens is 2. The third-order valence-electron chi connectivity index (χ3n) is 16.4. The van der Waals surface area contributed by atoms with E-state index >= 15 is 0 Å². The van der Waals surface area contributed by atoms with Gasteiger partial charge in [0.05, 0.1) is 63.7 Å². The Morgan fingerprint density at radius 3 is 2.06 bits per heavy atom. The van der Waals surface area contributed by atoms with Crippen LogP contribution in [0.4, 0.5) is 4.79 Å². The second-order valence-electron chi connectivity index (χ2n) is 24.3. The molecule has 1 aromatic heterocycles. The van der Waals surface area contributed by atoms with Gasteiger partial charge in [-0.15, -0.1) is 0 Å². The Morgan fingerprint density at radius 2 is 1.44 bits per heavy atom. The molecule has 0 radical (unpaired) electrons. The minimum absolute atomic E-state index is 0.0164. The van der Waals surface area contributed by atoms with Crippen LogP contribution in [0.15, 0.2) is 125 Å². The Balaban J connectivity index is 0.865. The molecule has 5 amide bonds. The minimum Gasteiger partial charge on any atom is -0.497 e. The molecule has 3 aliphatic heterocycles. The molecule has 0 bridgehead atoms. The summed E-state index contributed by atoms with van der Waals surface area (Å²) in [6.07, 6.45) is 6.43. The first-order valence-electron chi connectivity index (χ1n) is 31.1. The van der Waals surface area contributed by atoms with Gasteiger partial charge in [-0.1, -0.05) is 93.9 Å². The van der Waals surface area contributed by atoms with Gasteiger partial charge in [-0.3, -0.25) is 33.6 Å². The minimum atomic E-state index is -1.80. The molecule has 4 heterocycles.